The highest BCUT2D eigenvalue weighted by Crippen LogP contribution is 2.23. The number of fused-ring (bicyclic) bond motifs is 1. The molecule has 0 bridgehead atoms. The molecule has 0 unspecified atom stereocenters. The fourth-order valence-electron chi connectivity index (χ4n) is 2.99. The summed E-state index contributed by atoms with van der Waals surface area (Å²) in [5.41, 5.74) is 1.34. The molecule has 0 aliphatic carbocycles. The predicted octanol–water partition coefficient (Wildman–Crippen LogP) is 0.248. The summed E-state index contributed by atoms with van der Waals surface area (Å²) in [6, 6.07) is 0.305. The Balaban J connectivity index is 1.78. The van der Waals surface area contributed by atoms with Crippen molar-refractivity contribution >= 4 is 5.91 Å². The number of rotatable bonds is 1. The van der Waals surface area contributed by atoms with Crippen LogP contribution in [0.3, 0.4) is 0 Å². The van der Waals surface area contributed by atoms with E-state index in [1.165, 1.54) is 0 Å². The number of likely N-dealkylation sites (tertiary alicyclic amines) is 1. The zero-order chi connectivity index (χ0) is 14.3. The fourth-order valence-corrected chi connectivity index (χ4v) is 2.99. The molecule has 0 N–H and O–H groups in total. The summed E-state index contributed by atoms with van der Waals surface area (Å²) < 4.78 is 5.77. The Morgan fingerprint density at radius 1 is 1.40 bits per heavy atom. The average molecular weight is 276 g/mol. The number of hydrogen-bond acceptors (Lipinski definition) is 5. The summed E-state index contributed by atoms with van der Waals surface area (Å²) in [5, 5.41) is 0. The van der Waals surface area contributed by atoms with E-state index in [9.17, 15) is 4.79 Å². The van der Waals surface area contributed by atoms with E-state index in [1.54, 1.807) is 6.20 Å². The molecule has 1 aromatic rings. The number of aryl methyl sites for hydroxylation is 2. The van der Waals surface area contributed by atoms with Crippen LogP contribution in [0, 0.1) is 13.8 Å². The molecule has 6 nitrogen and oxygen atoms in total. The molecule has 2 aliphatic heterocycles. The lowest BCUT2D eigenvalue weighted by molar-refractivity contribution is -0.0368. The van der Waals surface area contributed by atoms with Gasteiger partial charge in [0.2, 0.25) is 0 Å². The van der Waals surface area contributed by atoms with E-state index in [0.717, 1.165) is 18.8 Å². The van der Waals surface area contributed by atoms with Gasteiger partial charge < -0.3 is 9.64 Å². The Kier molecular flexibility index (Phi) is 3.43. The monoisotopic (exact) mass is 276 g/mol. The maximum Gasteiger partial charge on any atom is 0.257 e. The van der Waals surface area contributed by atoms with Gasteiger partial charge in [0.25, 0.3) is 5.91 Å². The molecule has 2 atom stereocenters. The molecule has 20 heavy (non-hydrogen) atoms. The van der Waals surface area contributed by atoms with Gasteiger partial charge in [0, 0.05) is 25.8 Å². The van der Waals surface area contributed by atoms with Crippen molar-refractivity contribution < 1.29 is 9.53 Å². The van der Waals surface area contributed by atoms with Gasteiger partial charge in [-0.1, -0.05) is 0 Å². The van der Waals surface area contributed by atoms with Crippen LogP contribution < -0.4 is 0 Å². The van der Waals surface area contributed by atoms with Gasteiger partial charge in [-0.2, -0.15) is 0 Å². The lowest BCUT2D eigenvalue weighted by Gasteiger charge is -2.33. The topological polar surface area (TPSA) is 58.6 Å². The summed E-state index contributed by atoms with van der Waals surface area (Å²) in [6.45, 7) is 6.72. The number of carbonyl (C=O) groups is 1. The summed E-state index contributed by atoms with van der Waals surface area (Å²) in [7, 11) is 2.09. The highest BCUT2D eigenvalue weighted by Gasteiger charge is 2.40. The van der Waals surface area contributed by atoms with Crippen LogP contribution in [0.4, 0.5) is 0 Å². The molecule has 3 rings (SSSR count). The second-order valence-corrected chi connectivity index (χ2v) is 5.58. The van der Waals surface area contributed by atoms with Crippen molar-refractivity contribution in [2.75, 3.05) is 33.3 Å². The number of carbonyl (C=O) groups excluding carboxylic acids is 1. The van der Waals surface area contributed by atoms with Crippen LogP contribution >= 0.6 is 0 Å². The second-order valence-electron chi connectivity index (χ2n) is 5.58. The van der Waals surface area contributed by atoms with Gasteiger partial charge in [0.1, 0.15) is 5.82 Å². The molecule has 2 saturated heterocycles. The van der Waals surface area contributed by atoms with Crippen molar-refractivity contribution in [1.82, 2.24) is 19.8 Å². The Labute approximate surface area is 118 Å². The van der Waals surface area contributed by atoms with Crippen molar-refractivity contribution in [2.45, 2.75) is 26.0 Å². The van der Waals surface area contributed by atoms with Crippen molar-refractivity contribution in [3.63, 3.8) is 0 Å². The Morgan fingerprint density at radius 3 is 2.90 bits per heavy atom. The molecule has 0 aromatic carbocycles. The third-order valence-electron chi connectivity index (χ3n) is 4.20. The van der Waals surface area contributed by atoms with Crippen molar-refractivity contribution in [1.29, 1.82) is 0 Å². The van der Waals surface area contributed by atoms with Gasteiger partial charge >= 0.3 is 0 Å². The van der Waals surface area contributed by atoms with Crippen molar-refractivity contribution in [3.05, 3.63) is 23.3 Å². The normalized spacial score (nSPS) is 26.6. The SMILES string of the molecule is Cc1ncc(C(=O)N2C[C@H]3OCCN(C)[C@H]3C2)c(C)n1. The van der Waals surface area contributed by atoms with Gasteiger partial charge in [-0.15, -0.1) is 0 Å². The number of amides is 1. The van der Waals surface area contributed by atoms with Crippen LogP contribution in [0.1, 0.15) is 21.9 Å². The lowest BCUT2D eigenvalue weighted by Crippen LogP contribution is -2.48. The summed E-state index contributed by atoms with van der Waals surface area (Å²) in [4.78, 5) is 25.1. The zero-order valence-corrected chi connectivity index (χ0v) is 12.2. The first-order valence-electron chi connectivity index (χ1n) is 6.97. The van der Waals surface area contributed by atoms with Gasteiger partial charge in [0.05, 0.1) is 30.0 Å². The van der Waals surface area contributed by atoms with E-state index in [4.69, 9.17) is 4.74 Å². The van der Waals surface area contributed by atoms with Gasteiger partial charge in [-0.05, 0) is 20.9 Å². The lowest BCUT2D eigenvalue weighted by atomic mass is 10.1. The van der Waals surface area contributed by atoms with E-state index in [0.29, 0.717) is 30.5 Å². The standard InChI is InChI=1S/C14H20N4O2/c1-9-11(6-15-10(2)16-9)14(19)18-7-12-13(8-18)20-5-4-17(12)3/h6,12-13H,4-5,7-8H2,1-3H3/t12-,13+/m0/s1. The van der Waals surface area contributed by atoms with Crippen LogP contribution in [0.5, 0.6) is 0 Å². The molecule has 0 radical (unpaired) electrons. The molecular weight excluding hydrogens is 256 g/mol. The van der Waals surface area contributed by atoms with Crippen molar-refractivity contribution in [3.8, 4) is 0 Å². The zero-order valence-electron chi connectivity index (χ0n) is 12.2. The highest BCUT2D eigenvalue weighted by atomic mass is 16.5. The average Bonchev–Trinajstić information content (AvgIpc) is 2.83. The number of morpholine rings is 1. The minimum Gasteiger partial charge on any atom is -0.373 e. The van der Waals surface area contributed by atoms with Crippen LogP contribution in [0.2, 0.25) is 0 Å². The first-order valence-corrected chi connectivity index (χ1v) is 6.97. The van der Waals surface area contributed by atoms with E-state index >= 15 is 0 Å². The van der Waals surface area contributed by atoms with E-state index < -0.39 is 0 Å². The molecule has 6 heteroatoms. The molecule has 1 aromatic heterocycles. The van der Waals surface area contributed by atoms with Crippen LogP contribution in [-0.4, -0.2) is 71.1 Å². The first kappa shape index (κ1) is 13.5. The van der Waals surface area contributed by atoms with Crippen LogP contribution in [0.25, 0.3) is 0 Å². The van der Waals surface area contributed by atoms with Crippen molar-refractivity contribution in [2.24, 2.45) is 0 Å². The third-order valence-corrected chi connectivity index (χ3v) is 4.20. The number of likely N-dealkylation sites (N-methyl/N-ethyl adjacent to an activating group) is 1. The van der Waals surface area contributed by atoms with Gasteiger partial charge in [-0.25, -0.2) is 9.97 Å². The maximum absolute atomic E-state index is 12.6. The molecular formula is C14H20N4O2. The smallest absolute Gasteiger partial charge is 0.257 e. The Hall–Kier alpha value is -1.53. The fraction of sp³-hybridized carbons (Fsp3) is 0.643. The largest absolute Gasteiger partial charge is 0.373 e. The van der Waals surface area contributed by atoms with Gasteiger partial charge in [0.15, 0.2) is 0 Å². The van der Waals surface area contributed by atoms with Gasteiger partial charge in [-0.3, -0.25) is 9.69 Å². The summed E-state index contributed by atoms with van der Waals surface area (Å²) >= 11 is 0. The number of hydrogen-bond donors (Lipinski definition) is 0. The molecule has 2 fully saturated rings. The third kappa shape index (κ3) is 2.29. The number of ether oxygens (including phenoxy) is 1. The predicted molar refractivity (Wildman–Crippen MR) is 73.6 cm³/mol. The quantitative estimate of drug-likeness (QED) is 0.736. The van der Waals surface area contributed by atoms with Crippen LogP contribution in [-0.2, 0) is 4.74 Å². The number of aromatic nitrogens is 2. The minimum absolute atomic E-state index is 0.00824. The summed E-state index contributed by atoms with van der Waals surface area (Å²) in [6.07, 6.45) is 1.76. The number of nitrogens with zero attached hydrogens (tertiary/aromatic N) is 4. The molecule has 2 aliphatic rings. The second kappa shape index (κ2) is 5.10. The minimum atomic E-state index is 0.00824. The summed E-state index contributed by atoms with van der Waals surface area (Å²) in [5.74, 6) is 0.700. The van der Waals surface area contributed by atoms with E-state index in [2.05, 4.69) is 21.9 Å². The molecule has 1 amide bonds. The highest BCUT2D eigenvalue weighted by molar-refractivity contribution is 5.95. The molecule has 108 valence electrons. The maximum atomic E-state index is 12.6. The molecule has 0 saturated carbocycles. The first-order chi connectivity index (χ1) is 9.56. The Bertz CT molecular complexity index is 534. The molecule has 3 heterocycles. The van der Waals surface area contributed by atoms with E-state index in [1.807, 2.05) is 18.7 Å². The van der Waals surface area contributed by atoms with E-state index in [-0.39, 0.29) is 12.0 Å². The Morgan fingerprint density at radius 2 is 2.20 bits per heavy atom. The van der Waals surface area contributed by atoms with Crippen LogP contribution in [0.15, 0.2) is 6.20 Å². The molecule has 0 spiro atoms.